The van der Waals surface area contributed by atoms with Gasteiger partial charge in [-0.05, 0) is 70.8 Å². The van der Waals surface area contributed by atoms with Gasteiger partial charge in [0.25, 0.3) is 0 Å². The van der Waals surface area contributed by atoms with Gasteiger partial charge >= 0.3 is 6.09 Å². The Labute approximate surface area is 231 Å². The number of rotatable bonds is 15. The molecule has 0 aliphatic rings. The summed E-state index contributed by atoms with van der Waals surface area (Å²) in [5, 5.41) is 5.90. The Morgan fingerprint density at radius 1 is 0.921 bits per heavy atom. The van der Waals surface area contributed by atoms with Crippen LogP contribution >= 0.6 is 0 Å². The Bertz CT molecular complexity index is 848. The van der Waals surface area contributed by atoms with Crippen LogP contribution in [0.3, 0.4) is 0 Å². The minimum absolute atomic E-state index is 0.143. The molecule has 0 fully saturated rings. The van der Waals surface area contributed by atoms with Gasteiger partial charge in [0.2, 0.25) is 11.8 Å². The Balaban J connectivity index is 3.49. The lowest BCUT2D eigenvalue weighted by atomic mass is 9.95. The number of hydrogen-bond acceptors (Lipinski definition) is 4. The summed E-state index contributed by atoms with van der Waals surface area (Å²) < 4.78 is 5.49. The van der Waals surface area contributed by atoms with Crippen molar-refractivity contribution in [2.75, 3.05) is 6.54 Å². The first-order valence-corrected chi connectivity index (χ1v) is 14.4. The molecule has 0 saturated carbocycles. The van der Waals surface area contributed by atoms with E-state index in [-0.39, 0.29) is 23.8 Å². The molecule has 7 nitrogen and oxygen atoms in total. The van der Waals surface area contributed by atoms with Crippen LogP contribution in [0.25, 0.3) is 0 Å². The average molecular weight is 532 g/mol. The second kappa shape index (κ2) is 16.4. The summed E-state index contributed by atoms with van der Waals surface area (Å²) in [6.45, 7) is 18.4. The van der Waals surface area contributed by atoms with Crippen LogP contribution in [0.5, 0.6) is 0 Å². The van der Waals surface area contributed by atoms with E-state index in [2.05, 4.69) is 31.4 Å². The number of alkyl carbamates (subject to hydrolysis) is 1. The molecule has 0 saturated heterocycles. The third-order valence-electron chi connectivity index (χ3n) is 6.31. The largest absolute Gasteiger partial charge is 0.444 e. The first kappa shape index (κ1) is 33.5. The Morgan fingerprint density at radius 2 is 1.55 bits per heavy atom. The van der Waals surface area contributed by atoms with E-state index >= 15 is 0 Å². The van der Waals surface area contributed by atoms with Gasteiger partial charge in [0.1, 0.15) is 17.7 Å². The van der Waals surface area contributed by atoms with Crippen molar-refractivity contribution in [2.45, 2.75) is 125 Å². The molecule has 0 radical (unpaired) electrons. The molecule has 3 unspecified atom stereocenters. The number of carbonyl (C=O) groups is 3. The lowest BCUT2D eigenvalue weighted by molar-refractivity contribution is -0.145. The van der Waals surface area contributed by atoms with E-state index in [1.165, 1.54) is 0 Å². The van der Waals surface area contributed by atoms with Gasteiger partial charge in [0.05, 0.1) is 0 Å². The van der Waals surface area contributed by atoms with Crippen LogP contribution in [0.15, 0.2) is 30.3 Å². The summed E-state index contributed by atoms with van der Waals surface area (Å²) in [6, 6.07) is 7.63. The minimum Gasteiger partial charge on any atom is -0.444 e. The normalized spacial score (nSPS) is 14.1. The molecule has 1 aromatic carbocycles. The van der Waals surface area contributed by atoms with Crippen molar-refractivity contribution in [3.05, 3.63) is 35.9 Å². The second-order valence-electron chi connectivity index (χ2n) is 12.2. The fourth-order valence-corrected chi connectivity index (χ4v) is 4.39. The first-order valence-electron chi connectivity index (χ1n) is 14.4. The maximum atomic E-state index is 14.3. The molecule has 0 aliphatic carbocycles. The zero-order chi connectivity index (χ0) is 28.9. The number of hydrogen-bond donors (Lipinski definition) is 2. The topological polar surface area (TPSA) is 87.7 Å². The molecular formula is C31H53N3O4. The Hall–Kier alpha value is -2.57. The molecule has 7 heteroatoms. The molecule has 0 aliphatic heterocycles. The maximum Gasteiger partial charge on any atom is 0.408 e. The highest BCUT2D eigenvalue weighted by atomic mass is 16.6. The predicted octanol–water partition coefficient (Wildman–Crippen LogP) is 6.63. The molecule has 0 heterocycles. The van der Waals surface area contributed by atoms with Gasteiger partial charge in [-0.2, -0.15) is 0 Å². The minimum atomic E-state index is -0.814. The summed E-state index contributed by atoms with van der Waals surface area (Å²) in [4.78, 5) is 42.5. The standard InChI is InChI=1S/C31H53N3O4/c1-10-11-15-20-32-28(35)27(25-16-13-12-14-17-25)34(24(6)19-18-22(2)3)29(36)26(21-23(4)5)33-30(37)38-31(7,8)9/h12-14,16-17,22-24,26-27H,10-11,15,18-21H2,1-9H3,(H,32,35)(H,33,37). The molecule has 0 bridgehead atoms. The smallest absolute Gasteiger partial charge is 0.408 e. The van der Waals surface area contributed by atoms with Gasteiger partial charge in [-0.3, -0.25) is 9.59 Å². The SMILES string of the molecule is CCCCCNC(=O)C(c1ccccc1)N(C(=O)C(CC(C)C)NC(=O)OC(C)(C)C)C(C)CCC(C)C. The molecule has 216 valence electrons. The van der Waals surface area contributed by atoms with Crippen molar-refractivity contribution in [2.24, 2.45) is 11.8 Å². The van der Waals surface area contributed by atoms with Crippen LogP contribution in [0.1, 0.15) is 112 Å². The molecule has 1 rings (SSSR count). The number of nitrogens with one attached hydrogen (secondary N) is 2. The highest BCUT2D eigenvalue weighted by Gasteiger charge is 2.38. The van der Waals surface area contributed by atoms with Crippen molar-refractivity contribution in [1.29, 1.82) is 0 Å². The molecule has 1 aromatic rings. The van der Waals surface area contributed by atoms with Crippen LogP contribution in [0.4, 0.5) is 4.79 Å². The number of carbonyl (C=O) groups excluding carboxylic acids is 3. The number of nitrogens with zero attached hydrogens (tertiary/aromatic N) is 1. The fourth-order valence-electron chi connectivity index (χ4n) is 4.39. The zero-order valence-electron chi connectivity index (χ0n) is 25.3. The van der Waals surface area contributed by atoms with E-state index < -0.39 is 23.8 Å². The lowest BCUT2D eigenvalue weighted by Crippen LogP contribution is -2.56. The number of unbranched alkanes of at least 4 members (excludes halogenated alkanes) is 2. The first-order chi connectivity index (χ1) is 17.8. The third-order valence-corrected chi connectivity index (χ3v) is 6.31. The molecule has 3 atom stereocenters. The van der Waals surface area contributed by atoms with E-state index in [9.17, 15) is 14.4 Å². The second-order valence-corrected chi connectivity index (χ2v) is 12.2. The van der Waals surface area contributed by atoms with E-state index in [4.69, 9.17) is 4.74 Å². The summed E-state index contributed by atoms with van der Waals surface area (Å²) in [5.74, 6) is 0.138. The van der Waals surface area contributed by atoms with E-state index in [0.29, 0.717) is 18.9 Å². The van der Waals surface area contributed by atoms with Crippen LogP contribution in [-0.2, 0) is 14.3 Å². The monoisotopic (exact) mass is 531 g/mol. The molecule has 0 aromatic heterocycles. The van der Waals surface area contributed by atoms with Crippen molar-refractivity contribution in [3.63, 3.8) is 0 Å². The predicted molar refractivity (Wildman–Crippen MR) is 155 cm³/mol. The van der Waals surface area contributed by atoms with Gasteiger partial charge in [-0.15, -0.1) is 0 Å². The quantitative estimate of drug-likeness (QED) is 0.249. The highest BCUT2D eigenvalue weighted by molar-refractivity contribution is 5.92. The molecule has 0 spiro atoms. The number of amides is 3. The van der Waals surface area contributed by atoms with Crippen molar-refractivity contribution < 1.29 is 19.1 Å². The van der Waals surface area contributed by atoms with Gasteiger partial charge < -0.3 is 20.3 Å². The average Bonchev–Trinajstić information content (AvgIpc) is 2.81. The zero-order valence-corrected chi connectivity index (χ0v) is 25.3. The van der Waals surface area contributed by atoms with Crippen molar-refractivity contribution >= 4 is 17.9 Å². The van der Waals surface area contributed by atoms with Crippen LogP contribution < -0.4 is 10.6 Å². The molecule has 3 amide bonds. The Morgan fingerprint density at radius 3 is 2.08 bits per heavy atom. The fraction of sp³-hybridized carbons (Fsp3) is 0.710. The molecule has 38 heavy (non-hydrogen) atoms. The van der Waals surface area contributed by atoms with Crippen LogP contribution in [-0.4, -0.2) is 47.0 Å². The van der Waals surface area contributed by atoms with Crippen LogP contribution in [0.2, 0.25) is 0 Å². The number of benzene rings is 1. The maximum absolute atomic E-state index is 14.3. The van der Waals surface area contributed by atoms with Gasteiger partial charge in [0, 0.05) is 12.6 Å². The summed E-state index contributed by atoms with van der Waals surface area (Å²) >= 11 is 0. The van der Waals surface area contributed by atoms with Crippen molar-refractivity contribution in [3.8, 4) is 0 Å². The molecule has 2 N–H and O–H groups in total. The third kappa shape index (κ3) is 12.3. The summed E-state index contributed by atoms with van der Waals surface area (Å²) in [7, 11) is 0. The number of ether oxygens (including phenoxy) is 1. The summed E-state index contributed by atoms with van der Waals surface area (Å²) in [5.41, 5.74) is 0.0656. The molecular weight excluding hydrogens is 478 g/mol. The highest BCUT2D eigenvalue weighted by Crippen LogP contribution is 2.28. The Kier molecular flexibility index (Phi) is 14.4. The van der Waals surface area contributed by atoms with Gasteiger partial charge in [-0.25, -0.2) is 4.79 Å². The summed E-state index contributed by atoms with van der Waals surface area (Å²) in [6.07, 6.45) is 4.44. The van der Waals surface area contributed by atoms with Crippen LogP contribution in [0, 0.1) is 11.8 Å². The van der Waals surface area contributed by atoms with E-state index in [1.807, 2.05) is 51.1 Å². The van der Waals surface area contributed by atoms with Gasteiger partial charge in [0.15, 0.2) is 0 Å². The van der Waals surface area contributed by atoms with E-state index in [0.717, 1.165) is 37.7 Å². The van der Waals surface area contributed by atoms with Gasteiger partial charge in [-0.1, -0.05) is 77.8 Å². The lowest BCUT2D eigenvalue weighted by Gasteiger charge is -2.39. The van der Waals surface area contributed by atoms with Crippen molar-refractivity contribution in [1.82, 2.24) is 15.5 Å². The van der Waals surface area contributed by atoms with E-state index in [1.54, 1.807) is 25.7 Å².